The number of benzene rings is 2. The predicted molar refractivity (Wildman–Crippen MR) is 81.0 cm³/mol. The molecule has 0 unspecified atom stereocenters. The van der Waals surface area contributed by atoms with E-state index in [1.807, 2.05) is 0 Å². The van der Waals surface area contributed by atoms with Crippen LogP contribution in [0.1, 0.15) is 20.7 Å². The van der Waals surface area contributed by atoms with E-state index in [1.165, 1.54) is 18.2 Å². The first kappa shape index (κ1) is 16.5. The summed E-state index contributed by atoms with van der Waals surface area (Å²) in [5.41, 5.74) is -0.246. The molecule has 0 aliphatic carbocycles. The number of carbonyl (C=O) groups is 2. The fourth-order valence-electron chi connectivity index (χ4n) is 1.90. The molecule has 2 aromatic rings. The van der Waals surface area contributed by atoms with Crippen molar-refractivity contribution in [2.45, 2.75) is 0 Å². The lowest BCUT2D eigenvalue weighted by Gasteiger charge is -2.09. The fraction of sp³-hybridized carbons (Fsp3) is 0. The topological polar surface area (TPSA) is 136 Å². The number of anilines is 1. The number of carbonyl (C=O) groups excluding carboxylic acids is 2. The van der Waals surface area contributed by atoms with Crippen molar-refractivity contribution >= 4 is 17.5 Å². The van der Waals surface area contributed by atoms with Crippen LogP contribution < -0.4 is 5.32 Å². The maximum atomic E-state index is 12.3. The van der Waals surface area contributed by atoms with Crippen LogP contribution in [0.15, 0.2) is 54.6 Å². The summed E-state index contributed by atoms with van der Waals surface area (Å²) in [6.45, 7) is 0. The summed E-state index contributed by atoms with van der Waals surface area (Å²) >= 11 is 0. The van der Waals surface area contributed by atoms with Crippen molar-refractivity contribution in [3.05, 3.63) is 86.0 Å². The van der Waals surface area contributed by atoms with Gasteiger partial charge >= 0.3 is 5.91 Å². The SMILES string of the molecule is O=C(Nc1ccccc1)c1ccccc1C(=O)N([N+](=O)[O-])[N+](=O)[O-]. The van der Waals surface area contributed by atoms with E-state index in [0.717, 1.165) is 6.07 Å². The van der Waals surface area contributed by atoms with E-state index in [-0.39, 0.29) is 5.56 Å². The Morgan fingerprint density at radius 1 is 0.833 bits per heavy atom. The van der Waals surface area contributed by atoms with E-state index in [2.05, 4.69) is 5.32 Å². The lowest BCUT2D eigenvalue weighted by Crippen LogP contribution is -2.41. The number of hydrogen-bond acceptors (Lipinski definition) is 6. The molecular weight excluding hydrogens is 320 g/mol. The van der Waals surface area contributed by atoms with Crippen LogP contribution in [-0.4, -0.2) is 27.0 Å². The van der Waals surface area contributed by atoms with Gasteiger partial charge in [0, 0.05) is 5.69 Å². The summed E-state index contributed by atoms with van der Waals surface area (Å²) in [5.74, 6) is -2.25. The van der Waals surface area contributed by atoms with Gasteiger partial charge < -0.3 is 5.32 Å². The van der Waals surface area contributed by atoms with Crippen LogP contribution in [-0.2, 0) is 0 Å². The minimum absolute atomic E-state index is 0.222. The molecule has 0 spiro atoms. The molecule has 0 aliphatic rings. The molecule has 2 amide bonds. The van der Waals surface area contributed by atoms with E-state index in [1.54, 1.807) is 30.3 Å². The van der Waals surface area contributed by atoms with Crippen molar-refractivity contribution in [3.8, 4) is 0 Å². The van der Waals surface area contributed by atoms with Gasteiger partial charge in [-0.2, -0.15) is 0 Å². The van der Waals surface area contributed by atoms with Crippen LogP contribution in [0.2, 0.25) is 0 Å². The van der Waals surface area contributed by atoms with Gasteiger partial charge in [0.05, 0.1) is 11.1 Å². The Labute approximate surface area is 134 Å². The number of nitrogens with one attached hydrogen (secondary N) is 1. The second-order valence-electron chi connectivity index (χ2n) is 4.44. The van der Waals surface area contributed by atoms with E-state index in [4.69, 9.17) is 0 Å². The maximum Gasteiger partial charge on any atom is 0.389 e. The monoisotopic (exact) mass is 330 g/mol. The molecule has 122 valence electrons. The highest BCUT2D eigenvalue weighted by Crippen LogP contribution is 2.15. The van der Waals surface area contributed by atoms with Gasteiger partial charge in [-0.1, -0.05) is 30.3 Å². The van der Waals surface area contributed by atoms with E-state index in [9.17, 15) is 29.8 Å². The molecule has 0 bridgehead atoms. The number of amides is 2. The first-order valence-electron chi connectivity index (χ1n) is 6.50. The second kappa shape index (κ2) is 6.96. The van der Waals surface area contributed by atoms with Crippen LogP contribution in [0.25, 0.3) is 0 Å². The first-order chi connectivity index (χ1) is 11.4. The molecule has 0 radical (unpaired) electrons. The Morgan fingerprint density at radius 2 is 1.33 bits per heavy atom. The molecule has 0 aromatic heterocycles. The average Bonchev–Trinajstić information content (AvgIpc) is 2.55. The molecule has 0 saturated heterocycles. The number of para-hydroxylation sites is 1. The summed E-state index contributed by atoms with van der Waals surface area (Å²) in [6, 6.07) is 13.4. The third-order valence-electron chi connectivity index (χ3n) is 2.92. The van der Waals surface area contributed by atoms with Crippen molar-refractivity contribution in [3.63, 3.8) is 0 Å². The zero-order chi connectivity index (χ0) is 17.7. The van der Waals surface area contributed by atoms with Gasteiger partial charge in [0.2, 0.25) is 15.2 Å². The van der Waals surface area contributed by atoms with Crippen molar-refractivity contribution in [1.29, 1.82) is 0 Å². The predicted octanol–water partition coefficient (Wildman–Crippen LogP) is 1.76. The summed E-state index contributed by atoms with van der Waals surface area (Å²) in [4.78, 5) is 45.7. The Kier molecular flexibility index (Phi) is 4.80. The number of hydrazine groups is 2. The van der Waals surface area contributed by atoms with Crippen molar-refractivity contribution < 1.29 is 19.7 Å². The van der Waals surface area contributed by atoms with Gasteiger partial charge in [-0.15, -0.1) is 0 Å². The lowest BCUT2D eigenvalue weighted by atomic mass is 10.1. The molecule has 2 aromatic carbocycles. The Bertz CT molecular complexity index is 794. The molecule has 0 heterocycles. The molecule has 10 heteroatoms. The quantitative estimate of drug-likeness (QED) is 0.655. The molecular formula is C14H10N4O6. The molecule has 0 saturated carbocycles. The average molecular weight is 330 g/mol. The third-order valence-corrected chi connectivity index (χ3v) is 2.92. The van der Waals surface area contributed by atoms with Gasteiger partial charge in [-0.25, -0.2) is 20.2 Å². The molecule has 24 heavy (non-hydrogen) atoms. The molecule has 10 nitrogen and oxygen atoms in total. The molecule has 0 fully saturated rings. The smallest absolute Gasteiger partial charge is 0.322 e. The van der Waals surface area contributed by atoms with Crippen LogP contribution in [0.5, 0.6) is 0 Å². The Balaban J connectivity index is 2.36. The number of nitrogens with zero attached hydrogens (tertiary/aromatic N) is 3. The van der Waals surface area contributed by atoms with Crippen molar-refractivity contribution in [2.24, 2.45) is 0 Å². The minimum atomic E-state index is -1.52. The molecule has 2 rings (SSSR count). The van der Waals surface area contributed by atoms with Gasteiger partial charge in [0.25, 0.3) is 5.91 Å². The minimum Gasteiger partial charge on any atom is -0.322 e. The number of hydrogen-bond donors (Lipinski definition) is 1. The molecule has 0 aliphatic heterocycles. The van der Waals surface area contributed by atoms with Gasteiger partial charge in [0.1, 0.15) is 0 Å². The first-order valence-corrected chi connectivity index (χ1v) is 6.50. The maximum absolute atomic E-state index is 12.3. The van der Waals surface area contributed by atoms with Crippen LogP contribution >= 0.6 is 0 Å². The van der Waals surface area contributed by atoms with Gasteiger partial charge in [0.15, 0.2) is 0 Å². The lowest BCUT2D eigenvalue weighted by molar-refractivity contribution is -0.882. The highest BCUT2D eigenvalue weighted by Gasteiger charge is 2.39. The van der Waals surface area contributed by atoms with Crippen LogP contribution in [0, 0.1) is 20.2 Å². The molecule has 1 N–H and O–H groups in total. The summed E-state index contributed by atoms with van der Waals surface area (Å²) in [6.07, 6.45) is 0. The Hall–Kier alpha value is -3.82. The van der Waals surface area contributed by atoms with Crippen molar-refractivity contribution in [1.82, 2.24) is 5.12 Å². The zero-order valence-electron chi connectivity index (χ0n) is 12.0. The summed E-state index contributed by atoms with van der Waals surface area (Å²) in [5, 5.41) is 20.2. The third kappa shape index (κ3) is 3.50. The normalized spacial score (nSPS) is 9.83. The van der Waals surface area contributed by atoms with Crippen LogP contribution in [0.3, 0.4) is 0 Å². The van der Waals surface area contributed by atoms with E-state index in [0.29, 0.717) is 5.69 Å². The highest BCUT2D eigenvalue weighted by molar-refractivity contribution is 6.11. The Morgan fingerprint density at radius 3 is 1.88 bits per heavy atom. The van der Waals surface area contributed by atoms with Crippen LogP contribution in [0.4, 0.5) is 5.69 Å². The second-order valence-corrected chi connectivity index (χ2v) is 4.44. The van der Waals surface area contributed by atoms with Gasteiger partial charge in [-0.05, 0) is 24.3 Å². The summed E-state index contributed by atoms with van der Waals surface area (Å²) < 4.78 is 0. The fourth-order valence-corrected chi connectivity index (χ4v) is 1.90. The van der Waals surface area contributed by atoms with E-state index >= 15 is 0 Å². The standard InChI is InChI=1S/C14H10N4O6/c19-13(15-10-6-2-1-3-7-10)11-8-4-5-9-12(11)14(20)16(17(21)22)18(23)24/h1-9H,(H,15,19). The summed E-state index contributed by atoms with van der Waals surface area (Å²) in [7, 11) is 0. The van der Waals surface area contributed by atoms with E-state index < -0.39 is 32.6 Å². The number of nitro groups is 2. The highest BCUT2D eigenvalue weighted by atomic mass is 16.8. The van der Waals surface area contributed by atoms with Gasteiger partial charge in [-0.3, -0.25) is 9.59 Å². The zero-order valence-corrected chi connectivity index (χ0v) is 12.0. The number of rotatable bonds is 5. The van der Waals surface area contributed by atoms with Crippen molar-refractivity contribution in [2.75, 3.05) is 5.32 Å². The molecule has 0 atom stereocenters. The largest absolute Gasteiger partial charge is 0.389 e.